The number of nitrogens with one attached hydrogen (secondary N) is 1. The molecule has 5 nitrogen and oxygen atoms in total. The number of ether oxygens (including phenoxy) is 1. The number of hydrogen-bond donors (Lipinski definition) is 2. The summed E-state index contributed by atoms with van der Waals surface area (Å²) in [7, 11) is 0. The molecule has 0 atom stereocenters. The highest BCUT2D eigenvalue weighted by molar-refractivity contribution is 6.30. The number of carbonyl (C=O) groups is 1. The minimum atomic E-state index is -0.279. The number of nitrogens with zero attached hydrogens (tertiary/aromatic N) is 1. The van der Waals surface area contributed by atoms with Crippen LogP contribution in [-0.4, -0.2) is 30.6 Å². The van der Waals surface area contributed by atoms with Crippen molar-refractivity contribution in [2.45, 2.75) is 0 Å². The van der Waals surface area contributed by atoms with E-state index >= 15 is 0 Å². The molecule has 0 aliphatic heterocycles. The molecule has 0 aromatic carbocycles. The number of nitrogens with two attached hydrogens (primary N) is 1. The van der Waals surface area contributed by atoms with Gasteiger partial charge in [-0.15, -0.1) is 0 Å². The molecular formula is C9H12ClN3O2. The Morgan fingerprint density at radius 3 is 3.13 bits per heavy atom. The van der Waals surface area contributed by atoms with E-state index in [4.69, 9.17) is 22.1 Å². The third kappa shape index (κ3) is 4.73. The minimum Gasteiger partial charge on any atom is -0.370 e. The lowest BCUT2D eigenvalue weighted by molar-refractivity contribution is -0.120. The van der Waals surface area contributed by atoms with Gasteiger partial charge in [-0.1, -0.05) is 11.6 Å². The van der Waals surface area contributed by atoms with Crippen LogP contribution < -0.4 is 11.1 Å². The van der Waals surface area contributed by atoms with Crippen molar-refractivity contribution < 1.29 is 9.53 Å². The maximum Gasteiger partial charge on any atom is 0.251 e. The van der Waals surface area contributed by atoms with E-state index in [0.29, 0.717) is 24.0 Å². The number of aromatic nitrogens is 1. The number of pyridine rings is 1. The highest BCUT2D eigenvalue weighted by Crippen LogP contribution is 2.11. The van der Waals surface area contributed by atoms with E-state index in [0.717, 1.165) is 0 Å². The Labute approximate surface area is 92.6 Å². The summed E-state index contributed by atoms with van der Waals surface area (Å²) >= 11 is 5.72. The number of rotatable bonds is 5. The standard InChI is InChI=1S/C9H12ClN3O2/c10-7-1-3-12-8(5-7)13-9(14)6-15-4-2-11/h1,3,5H,2,4,6,11H2,(H,12,13,14). The molecule has 1 heterocycles. The van der Waals surface area contributed by atoms with Crippen LogP contribution in [0, 0.1) is 0 Å². The van der Waals surface area contributed by atoms with Gasteiger partial charge in [0.05, 0.1) is 6.61 Å². The molecule has 1 aromatic heterocycles. The minimum absolute atomic E-state index is 0.0363. The molecule has 0 spiro atoms. The van der Waals surface area contributed by atoms with Crippen molar-refractivity contribution in [1.29, 1.82) is 0 Å². The lowest BCUT2D eigenvalue weighted by atomic mass is 10.4. The first-order chi connectivity index (χ1) is 7.22. The fourth-order valence-corrected chi connectivity index (χ4v) is 1.06. The SMILES string of the molecule is NCCOCC(=O)Nc1cc(Cl)ccn1. The summed E-state index contributed by atoms with van der Waals surface area (Å²) < 4.78 is 4.95. The lowest BCUT2D eigenvalue weighted by Crippen LogP contribution is -2.21. The first kappa shape index (κ1) is 11.9. The van der Waals surface area contributed by atoms with Crippen molar-refractivity contribution in [3.8, 4) is 0 Å². The normalized spacial score (nSPS) is 10.0. The Bertz CT molecular complexity index is 333. The van der Waals surface area contributed by atoms with Gasteiger partial charge in [0, 0.05) is 17.8 Å². The van der Waals surface area contributed by atoms with E-state index < -0.39 is 0 Å². The zero-order valence-corrected chi connectivity index (χ0v) is 8.83. The summed E-state index contributed by atoms with van der Waals surface area (Å²) in [5.74, 6) is 0.127. The maximum absolute atomic E-state index is 11.2. The lowest BCUT2D eigenvalue weighted by Gasteiger charge is -2.04. The number of anilines is 1. The van der Waals surface area contributed by atoms with Gasteiger partial charge in [0.25, 0.3) is 5.91 Å². The highest BCUT2D eigenvalue weighted by atomic mass is 35.5. The zero-order chi connectivity index (χ0) is 11.1. The Hall–Kier alpha value is -1.17. The Kier molecular flexibility index (Phi) is 5.03. The highest BCUT2D eigenvalue weighted by Gasteiger charge is 2.03. The predicted molar refractivity (Wildman–Crippen MR) is 57.8 cm³/mol. The molecule has 0 aliphatic rings. The molecule has 82 valence electrons. The third-order valence-corrected chi connectivity index (χ3v) is 1.72. The van der Waals surface area contributed by atoms with Crippen LogP contribution in [0.15, 0.2) is 18.3 Å². The Morgan fingerprint density at radius 1 is 1.67 bits per heavy atom. The van der Waals surface area contributed by atoms with E-state index in [2.05, 4.69) is 10.3 Å². The molecule has 0 bridgehead atoms. The van der Waals surface area contributed by atoms with Crippen LogP contribution in [0.25, 0.3) is 0 Å². The van der Waals surface area contributed by atoms with Gasteiger partial charge in [-0.3, -0.25) is 4.79 Å². The molecule has 3 N–H and O–H groups in total. The van der Waals surface area contributed by atoms with Crippen molar-refractivity contribution in [3.05, 3.63) is 23.4 Å². The van der Waals surface area contributed by atoms with Crippen LogP contribution >= 0.6 is 11.6 Å². The molecule has 1 aromatic rings. The van der Waals surface area contributed by atoms with E-state index in [-0.39, 0.29) is 12.5 Å². The van der Waals surface area contributed by atoms with Gasteiger partial charge in [-0.2, -0.15) is 0 Å². The summed E-state index contributed by atoms with van der Waals surface area (Å²) in [6.45, 7) is 0.713. The maximum atomic E-state index is 11.2. The van der Waals surface area contributed by atoms with Gasteiger partial charge in [0.15, 0.2) is 0 Å². The Balaban J connectivity index is 2.37. The zero-order valence-electron chi connectivity index (χ0n) is 8.07. The molecule has 0 aliphatic carbocycles. The van der Waals surface area contributed by atoms with E-state index in [1.807, 2.05) is 0 Å². The van der Waals surface area contributed by atoms with E-state index in [1.165, 1.54) is 6.20 Å². The van der Waals surface area contributed by atoms with E-state index in [1.54, 1.807) is 12.1 Å². The molecule has 1 rings (SSSR count). The Morgan fingerprint density at radius 2 is 2.47 bits per heavy atom. The van der Waals surface area contributed by atoms with Crippen LogP contribution in [-0.2, 0) is 9.53 Å². The van der Waals surface area contributed by atoms with Gasteiger partial charge in [-0.25, -0.2) is 4.98 Å². The molecule has 0 unspecified atom stereocenters. The molecule has 0 saturated heterocycles. The van der Waals surface area contributed by atoms with Gasteiger partial charge in [0.2, 0.25) is 0 Å². The first-order valence-electron chi connectivity index (χ1n) is 4.41. The average molecular weight is 230 g/mol. The monoisotopic (exact) mass is 229 g/mol. The summed E-state index contributed by atoms with van der Waals surface area (Å²) in [4.78, 5) is 15.1. The smallest absolute Gasteiger partial charge is 0.251 e. The van der Waals surface area contributed by atoms with E-state index in [9.17, 15) is 4.79 Å². The first-order valence-corrected chi connectivity index (χ1v) is 4.79. The van der Waals surface area contributed by atoms with Crippen LogP contribution in [0.5, 0.6) is 0 Å². The fourth-order valence-electron chi connectivity index (χ4n) is 0.900. The molecule has 0 radical (unpaired) electrons. The third-order valence-electron chi connectivity index (χ3n) is 1.48. The summed E-state index contributed by atoms with van der Waals surface area (Å²) in [6.07, 6.45) is 1.51. The van der Waals surface area contributed by atoms with Crippen LogP contribution in [0.2, 0.25) is 5.02 Å². The summed E-state index contributed by atoms with van der Waals surface area (Å²) in [5.41, 5.74) is 5.20. The fraction of sp³-hybridized carbons (Fsp3) is 0.333. The van der Waals surface area contributed by atoms with Crippen LogP contribution in [0.3, 0.4) is 0 Å². The van der Waals surface area contributed by atoms with Gasteiger partial charge >= 0.3 is 0 Å². The van der Waals surface area contributed by atoms with Gasteiger partial charge in [-0.05, 0) is 12.1 Å². The molecule has 0 fully saturated rings. The average Bonchev–Trinajstić information content (AvgIpc) is 2.18. The van der Waals surface area contributed by atoms with Crippen LogP contribution in [0.1, 0.15) is 0 Å². The number of halogens is 1. The number of amides is 1. The molecule has 15 heavy (non-hydrogen) atoms. The van der Waals surface area contributed by atoms with Crippen molar-refractivity contribution in [2.24, 2.45) is 5.73 Å². The number of hydrogen-bond acceptors (Lipinski definition) is 4. The molecular weight excluding hydrogens is 218 g/mol. The summed E-state index contributed by atoms with van der Waals surface area (Å²) in [6, 6.07) is 3.19. The molecule has 6 heteroatoms. The molecule has 0 saturated carbocycles. The predicted octanol–water partition coefficient (Wildman–Crippen LogP) is 0.649. The topological polar surface area (TPSA) is 77.2 Å². The van der Waals surface area contributed by atoms with Crippen molar-refractivity contribution in [2.75, 3.05) is 25.1 Å². The second-order valence-corrected chi connectivity index (χ2v) is 3.19. The number of carbonyl (C=O) groups excluding carboxylic acids is 1. The summed E-state index contributed by atoms with van der Waals surface area (Å²) in [5, 5.41) is 3.06. The van der Waals surface area contributed by atoms with Gasteiger partial charge < -0.3 is 15.8 Å². The second-order valence-electron chi connectivity index (χ2n) is 2.75. The van der Waals surface area contributed by atoms with Crippen molar-refractivity contribution in [1.82, 2.24) is 4.98 Å². The largest absolute Gasteiger partial charge is 0.370 e. The van der Waals surface area contributed by atoms with Gasteiger partial charge in [0.1, 0.15) is 12.4 Å². The van der Waals surface area contributed by atoms with Crippen molar-refractivity contribution in [3.63, 3.8) is 0 Å². The van der Waals surface area contributed by atoms with Crippen LogP contribution in [0.4, 0.5) is 5.82 Å². The van der Waals surface area contributed by atoms with Crippen molar-refractivity contribution >= 4 is 23.3 Å². The second kappa shape index (κ2) is 6.34. The quantitative estimate of drug-likeness (QED) is 0.727. The molecule has 1 amide bonds.